The molecule has 2 bridgehead atoms. The van der Waals surface area contributed by atoms with E-state index in [-0.39, 0.29) is 0 Å². The number of hydrogen-bond acceptors (Lipinski definition) is 4. The molecule has 0 aliphatic heterocycles. The van der Waals surface area contributed by atoms with E-state index in [2.05, 4.69) is 35.2 Å². The van der Waals surface area contributed by atoms with Crippen molar-refractivity contribution in [3.8, 4) is 0 Å². The van der Waals surface area contributed by atoms with Gasteiger partial charge in [0.15, 0.2) is 0 Å². The minimum atomic E-state index is 0.511. The van der Waals surface area contributed by atoms with Gasteiger partial charge in [0, 0.05) is 12.6 Å². The summed E-state index contributed by atoms with van der Waals surface area (Å²) in [4.78, 5) is 8.05. The van der Waals surface area contributed by atoms with Gasteiger partial charge in [-0.3, -0.25) is 0 Å². The Kier molecular flexibility index (Phi) is 2.96. The Balaban J connectivity index is 1.55. The zero-order valence-electron chi connectivity index (χ0n) is 11.7. The van der Waals surface area contributed by atoms with E-state index in [1.54, 1.807) is 11.6 Å². The molecule has 0 saturated heterocycles. The number of aromatic nitrogens is 2. The average Bonchev–Trinajstić information content (AvgIpc) is 2.39. The maximum absolute atomic E-state index is 5.63. The molecule has 4 rings (SSSR count). The van der Waals surface area contributed by atoms with Gasteiger partial charge >= 0.3 is 0 Å². The van der Waals surface area contributed by atoms with E-state index in [0.717, 1.165) is 30.6 Å². The molecule has 4 nitrogen and oxygen atoms in total. The van der Waals surface area contributed by atoms with Gasteiger partial charge in [-0.1, -0.05) is 25.5 Å². The second kappa shape index (κ2) is 4.51. The van der Waals surface area contributed by atoms with Crippen molar-refractivity contribution in [2.45, 2.75) is 33.1 Å². The van der Waals surface area contributed by atoms with Crippen molar-refractivity contribution >= 4 is 11.6 Å². The van der Waals surface area contributed by atoms with Crippen molar-refractivity contribution in [3.63, 3.8) is 0 Å². The van der Waals surface area contributed by atoms with Crippen molar-refractivity contribution in [1.29, 1.82) is 0 Å². The third-order valence-corrected chi connectivity index (χ3v) is 4.99. The number of hydrogen-bond donors (Lipinski definition) is 2. The Hall–Kier alpha value is -1.58. The monoisotopic (exact) mass is 258 g/mol. The van der Waals surface area contributed by atoms with Gasteiger partial charge in [-0.15, -0.1) is 0 Å². The number of nitrogens with two attached hydrogens (primary N) is 1. The van der Waals surface area contributed by atoms with Crippen molar-refractivity contribution in [2.24, 2.45) is 17.3 Å². The van der Waals surface area contributed by atoms with E-state index in [4.69, 9.17) is 5.73 Å². The third kappa shape index (κ3) is 2.20. The second-order valence-electron chi connectivity index (χ2n) is 6.33. The number of allylic oxidation sites excluding steroid dienone is 1. The summed E-state index contributed by atoms with van der Waals surface area (Å²) in [5, 5.41) is 3.33. The molecular weight excluding hydrogens is 236 g/mol. The van der Waals surface area contributed by atoms with Crippen LogP contribution in [0.25, 0.3) is 0 Å². The summed E-state index contributed by atoms with van der Waals surface area (Å²) in [6.07, 6.45) is 7.71. The van der Waals surface area contributed by atoms with Crippen LogP contribution in [0, 0.1) is 17.3 Å². The zero-order valence-corrected chi connectivity index (χ0v) is 11.7. The lowest BCUT2D eigenvalue weighted by molar-refractivity contribution is -0.00789. The lowest BCUT2D eigenvalue weighted by atomic mass is 9.48. The maximum atomic E-state index is 5.63. The molecule has 0 amide bonds. The average molecular weight is 258 g/mol. The molecule has 102 valence electrons. The van der Waals surface area contributed by atoms with Crippen LogP contribution in [0.2, 0.25) is 0 Å². The smallest absolute Gasteiger partial charge is 0.131 e. The van der Waals surface area contributed by atoms with Gasteiger partial charge in [0.25, 0.3) is 0 Å². The lowest BCUT2D eigenvalue weighted by Crippen LogP contribution is -2.48. The molecule has 0 aromatic carbocycles. The number of rotatable bonds is 4. The van der Waals surface area contributed by atoms with Crippen LogP contribution in [-0.2, 0) is 0 Å². The summed E-state index contributed by atoms with van der Waals surface area (Å²) in [6, 6.07) is 1.78. The summed E-state index contributed by atoms with van der Waals surface area (Å²) in [5.74, 6) is 3.03. The van der Waals surface area contributed by atoms with Crippen molar-refractivity contribution < 1.29 is 0 Å². The summed E-state index contributed by atoms with van der Waals surface area (Å²) >= 11 is 0. The molecule has 2 atom stereocenters. The second-order valence-corrected chi connectivity index (χ2v) is 6.33. The first kappa shape index (κ1) is 12.5. The molecule has 19 heavy (non-hydrogen) atoms. The van der Waals surface area contributed by atoms with Crippen LogP contribution in [0.5, 0.6) is 0 Å². The molecule has 1 aromatic rings. The van der Waals surface area contributed by atoms with Gasteiger partial charge in [0.1, 0.15) is 18.0 Å². The van der Waals surface area contributed by atoms with Crippen LogP contribution in [0.15, 0.2) is 24.0 Å². The van der Waals surface area contributed by atoms with Gasteiger partial charge in [0.05, 0.1) is 0 Å². The van der Waals surface area contributed by atoms with Crippen LogP contribution < -0.4 is 11.1 Å². The van der Waals surface area contributed by atoms with Gasteiger partial charge in [-0.2, -0.15) is 0 Å². The van der Waals surface area contributed by atoms with Crippen molar-refractivity contribution in [1.82, 2.24) is 9.97 Å². The van der Waals surface area contributed by atoms with Crippen LogP contribution in [0.3, 0.4) is 0 Å². The molecule has 1 aromatic heterocycles. The number of nitrogen functional groups attached to an aromatic ring is 1. The Bertz CT molecular complexity index is 507. The number of fused-ring (bicyclic) bond motifs is 1. The number of anilines is 2. The molecule has 0 radical (unpaired) electrons. The largest absolute Gasteiger partial charge is 0.384 e. The minimum absolute atomic E-state index is 0.511. The van der Waals surface area contributed by atoms with Gasteiger partial charge < -0.3 is 11.1 Å². The standard InChI is InChI=1S/C15H22N4/c1-15(2)11-4-3-10(12(15)7-11)5-6-17-14-8-13(16)18-9-19-14/h3,8-9,11-12H,4-7H2,1-2H3,(H3,16,17,18,19)/t11-,12-/m0/s1. The van der Waals surface area contributed by atoms with Gasteiger partial charge in [-0.25, -0.2) is 9.97 Å². The quantitative estimate of drug-likeness (QED) is 0.815. The highest BCUT2D eigenvalue weighted by molar-refractivity contribution is 5.43. The lowest BCUT2D eigenvalue weighted by Gasteiger charge is -2.56. The van der Waals surface area contributed by atoms with Gasteiger partial charge in [-0.05, 0) is 36.5 Å². The van der Waals surface area contributed by atoms with Crippen LogP contribution in [0.1, 0.15) is 33.1 Å². The van der Waals surface area contributed by atoms with Crippen LogP contribution in [0.4, 0.5) is 11.6 Å². The highest BCUT2D eigenvalue weighted by Gasteiger charge is 2.50. The predicted molar refractivity (Wildman–Crippen MR) is 77.6 cm³/mol. The van der Waals surface area contributed by atoms with E-state index < -0.39 is 0 Å². The van der Waals surface area contributed by atoms with Crippen molar-refractivity contribution in [2.75, 3.05) is 17.6 Å². The van der Waals surface area contributed by atoms with E-state index in [1.807, 2.05) is 0 Å². The Labute approximate surface area is 114 Å². The molecular formula is C15H22N4. The van der Waals surface area contributed by atoms with E-state index in [0.29, 0.717) is 11.2 Å². The predicted octanol–water partition coefficient (Wildman–Crippen LogP) is 2.85. The molecule has 4 heteroatoms. The molecule has 0 spiro atoms. The molecule has 1 heterocycles. The fourth-order valence-corrected chi connectivity index (χ4v) is 3.56. The van der Waals surface area contributed by atoms with Gasteiger partial charge in [0.2, 0.25) is 0 Å². The van der Waals surface area contributed by atoms with Crippen molar-refractivity contribution in [3.05, 3.63) is 24.0 Å². The summed E-state index contributed by atoms with van der Waals surface area (Å²) in [6.45, 7) is 5.74. The topological polar surface area (TPSA) is 63.8 Å². The molecule has 1 saturated carbocycles. The minimum Gasteiger partial charge on any atom is -0.384 e. The molecule has 3 aliphatic carbocycles. The normalized spacial score (nSPS) is 27.4. The molecule has 3 N–H and O–H groups in total. The first-order valence-electron chi connectivity index (χ1n) is 7.07. The first-order chi connectivity index (χ1) is 9.07. The highest BCUT2D eigenvalue weighted by Crippen LogP contribution is 2.59. The number of nitrogens with one attached hydrogen (secondary N) is 1. The number of nitrogens with zero attached hydrogens (tertiary/aromatic N) is 2. The molecule has 0 unspecified atom stereocenters. The Morgan fingerprint density at radius 3 is 2.95 bits per heavy atom. The van der Waals surface area contributed by atoms with E-state index in [9.17, 15) is 0 Å². The summed E-state index contributed by atoms with van der Waals surface area (Å²) < 4.78 is 0. The maximum Gasteiger partial charge on any atom is 0.131 e. The SMILES string of the molecule is CC1(C)[C@H]2CC=C(CCNc3cc(N)ncn3)[C@@H]1C2. The fourth-order valence-electron chi connectivity index (χ4n) is 3.56. The fraction of sp³-hybridized carbons (Fsp3) is 0.600. The Morgan fingerprint density at radius 1 is 1.42 bits per heavy atom. The third-order valence-electron chi connectivity index (χ3n) is 4.99. The highest BCUT2D eigenvalue weighted by atomic mass is 15.0. The van der Waals surface area contributed by atoms with Crippen LogP contribution in [-0.4, -0.2) is 16.5 Å². The summed E-state index contributed by atoms with van der Waals surface area (Å²) in [5.41, 5.74) is 7.78. The first-order valence-corrected chi connectivity index (χ1v) is 7.07. The van der Waals surface area contributed by atoms with E-state index >= 15 is 0 Å². The zero-order chi connectivity index (χ0) is 13.5. The summed E-state index contributed by atoms with van der Waals surface area (Å²) in [7, 11) is 0. The Morgan fingerprint density at radius 2 is 2.26 bits per heavy atom. The van der Waals surface area contributed by atoms with E-state index in [1.165, 1.54) is 19.2 Å². The van der Waals surface area contributed by atoms with Crippen LogP contribution >= 0.6 is 0 Å². The molecule has 3 aliphatic rings. The molecule has 1 fully saturated rings.